The highest BCUT2D eigenvalue weighted by Gasteiger charge is 2.35. The number of fused-ring (bicyclic) bond motifs is 2. The van der Waals surface area contributed by atoms with Crippen LogP contribution in [0.2, 0.25) is 0 Å². The molecule has 0 unspecified atom stereocenters. The molecule has 1 aromatic heterocycles. The Kier molecular flexibility index (Phi) is 8.85. The molecule has 238 valence electrons. The summed E-state index contributed by atoms with van der Waals surface area (Å²) in [7, 11) is 3.16. The molecule has 2 aliphatic heterocycles. The minimum Gasteiger partial charge on any atom is -0.496 e. The zero-order valence-electron chi connectivity index (χ0n) is 26.4. The fraction of sp³-hybridized carbons (Fsp3) is 0.286. The molecular formula is C35H35N3O7S. The van der Waals surface area contributed by atoms with Crippen LogP contribution in [-0.2, 0) is 11.4 Å². The van der Waals surface area contributed by atoms with Crippen molar-refractivity contribution in [2.75, 3.05) is 34.1 Å². The molecule has 2 aliphatic rings. The van der Waals surface area contributed by atoms with Gasteiger partial charge in [-0.05, 0) is 68.3 Å². The van der Waals surface area contributed by atoms with Gasteiger partial charge in [-0.2, -0.15) is 0 Å². The van der Waals surface area contributed by atoms with Crippen LogP contribution in [0.15, 0.2) is 81.7 Å². The SMILES string of the molecule is CCN(CC)C(=O)C1=C(C)N=c2s/c(=C/c3ccc(OCc4ccc5c(c4)OCO5)c(OC)c3)c(=O)n2[C@H]1c1ccccc1OC. The van der Waals surface area contributed by atoms with E-state index in [0.717, 1.165) is 11.1 Å². The van der Waals surface area contributed by atoms with E-state index >= 15 is 0 Å². The highest BCUT2D eigenvalue weighted by Crippen LogP contribution is 2.37. The van der Waals surface area contributed by atoms with Gasteiger partial charge in [-0.25, -0.2) is 4.99 Å². The Morgan fingerprint density at radius 1 is 1.00 bits per heavy atom. The van der Waals surface area contributed by atoms with Crippen LogP contribution in [0.25, 0.3) is 6.08 Å². The third-order valence-electron chi connectivity index (χ3n) is 8.05. The second kappa shape index (κ2) is 13.1. The van der Waals surface area contributed by atoms with E-state index in [1.165, 1.54) is 11.3 Å². The monoisotopic (exact) mass is 641 g/mol. The van der Waals surface area contributed by atoms with Crippen LogP contribution in [-0.4, -0.2) is 49.5 Å². The number of carbonyl (C=O) groups is 1. The van der Waals surface area contributed by atoms with Crippen molar-refractivity contribution in [1.29, 1.82) is 0 Å². The number of methoxy groups -OCH3 is 2. The molecule has 0 N–H and O–H groups in total. The number of thiazole rings is 1. The fourth-order valence-electron chi connectivity index (χ4n) is 5.70. The lowest BCUT2D eigenvalue weighted by molar-refractivity contribution is -0.127. The van der Waals surface area contributed by atoms with E-state index in [2.05, 4.69) is 0 Å². The number of hydrogen-bond acceptors (Lipinski definition) is 9. The number of hydrogen-bond donors (Lipinski definition) is 0. The number of rotatable bonds is 10. The zero-order chi connectivity index (χ0) is 32.4. The average molecular weight is 642 g/mol. The molecular weight excluding hydrogens is 606 g/mol. The standard InChI is InChI=1S/C35H35N3O7S/c1-6-37(7-2)34(40)31-21(3)36-35-38(32(31)24-10-8-9-11-25(24)41-4)33(39)30(46-35)18-22-12-14-26(28(16-22)42-5)43-19-23-13-15-27-29(17-23)45-20-44-27/h8-18,32H,6-7,19-20H2,1-5H3/b30-18+/t32-/m0/s1. The third-order valence-corrected chi connectivity index (χ3v) is 9.04. The quantitative estimate of drug-likeness (QED) is 0.253. The van der Waals surface area contributed by atoms with Gasteiger partial charge >= 0.3 is 0 Å². The number of benzene rings is 3. The van der Waals surface area contributed by atoms with Gasteiger partial charge in [0.2, 0.25) is 6.79 Å². The summed E-state index contributed by atoms with van der Waals surface area (Å²) in [5.74, 6) is 2.92. The molecule has 11 heteroatoms. The first-order valence-corrected chi connectivity index (χ1v) is 15.8. The van der Waals surface area contributed by atoms with Gasteiger partial charge in [0.05, 0.1) is 30.0 Å². The molecule has 0 saturated carbocycles. The maximum absolute atomic E-state index is 14.2. The number of aromatic nitrogens is 1. The summed E-state index contributed by atoms with van der Waals surface area (Å²) in [6.45, 7) is 7.29. The molecule has 0 bridgehead atoms. The number of ether oxygens (including phenoxy) is 5. The summed E-state index contributed by atoms with van der Waals surface area (Å²) in [6.07, 6.45) is 1.80. The molecule has 3 heterocycles. The number of para-hydroxylation sites is 1. The topological polar surface area (TPSA) is 101 Å². The predicted molar refractivity (Wildman–Crippen MR) is 175 cm³/mol. The Bertz CT molecular complexity index is 2010. The van der Waals surface area contributed by atoms with Crippen LogP contribution in [0.3, 0.4) is 0 Å². The van der Waals surface area contributed by atoms with Crippen molar-refractivity contribution >= 4 is 23.3 Å². The minimum atomic E-state index is -0.704. The van der Waals surface area contributed by atoms with Crippen molar-refractivity contribution in [3.05, 3.63) is 108 Å². The molecule has 0 spiro atoms. The summed E-state index contributed by atoms with van der Waals surface area (Å²) in [4.78, 5) is 35.1. The Labute approximate surface area is 270 Å². The Hall–Kier alpha value is -5.03. The van der Waals surface area contributed by atoms with Crippen LogP contribution in [0, 0.1) is 0 Å². The van der Waals surface area contributed by atoms with Crippen LogP contribution in [0.4, 0.5) is 0 Å². The maximum atomic E-state index is 14.2. The van der Waals surface area contributed by atoms with E-state index in [-0.39, 0.29) is 18.3 Å². The van der Waals surface area contributed by atoms with Crippen molar-refractivity contribution < 1.29 is 28.5 Å². The Morgan fingerprint density at radius 2 is 1.76 bits per heavy atom. The molecule has 3 aromatic carbocycles. The highest BCUT2D eigenvalue weighted by molar-refractivity contribution is 7.07. The lowest BCUT2D eigenvalue weighted by Crippen LogP contribution is -2.43. The third kappa shape index (κ3) is 5.74. The van der Waals surface area contributed by atoms with Gasteiger partial charge in [-0.15, -0.1) is 0 Å². The van der Waals surface area contributed by atoms with Crippen molar-refractivity contribution in [3.63, 3.8) is 0 Å². The molecule has 0 aliphatic carbocycles. The number of likely N-dealkylation sites (N-methyl/N-ethyl adjacent to an activating group) is 1. The van der Waals surface area contributed by atoms with Crippen LogP contribution >= 0.6 is 11.3 Å². The molecule has 1 atom stereocenters. The van der Waals surface area contributed by atoms with Gasteiger partial charge in [-0.1, -0.05) is 41.7 Å². The number of nitrogens with zero attached hydrogens (tertiary/aromatic N) is 3. The van der Waals surface area contributed by atoms with E-state index in [4.69, 9.17) is 28.7 Å². The summed E-state index contributed by atoms with van der Waals surface area (Å²) in [5.41, 5.74) is 3.17. The van der Waals surface area contributed by atoms with Crippen molar-refractivity contribution in [2.24, 2.45) is 4.99 Å². The molecule has 1 amide bonds. The lowest BCUT2D eigenvalue weighted by atomic mass is 9.94. The second-order valence-corrected chi connectivity index (χ2v) is 11.7. The molecule has 46 heavy (non-hydrogen) atoms. The number of carbonyl (C=O) groups excluding carboxylic acids is 1. The van der Waals surface area contributed by atoms with E-state index in [9.17, 15) is 9.59 Å². The van der Waals surface area contributed by atoms with Gasteiger partial charge < -0.3 is 28.6 Å². The summed E-state index contributed by atoms with van der Waals surface area (Å²) in [5, 5.41) is 0. The molecule has 6 rings (SSSR count). The van der Waals surface area contributed by atoms with E-state index < -0.39 is 6.04 Å². The first-order valence-electron chi connectivity index (χ1n) is 15.0. The van der Waals surface area contributed by atoms with Gasteiger partial charge in [0, 0.05) is 18.7 Å². The smallest absolute Gasteiger partial charge is 0.271 e. The number of allylic oxidation sites excluding steroid dienone is 1. The largest absolute Gasteiger partial charge is 0.496 e. The highest BCUT2D eigenvalue weighted by atomic mass is 32.1. The Balaban J connectivity index is 1.38. The Morgan fingerprint density at radius 3 is 2.52 bits per heavy atom. The van der Waals surface area contributed by atoms with E-state index in [0.29, 0.717) is 74.6 Å². The maximum Gasteiger partial charge on any atom is 0.271 e. The fourth-order valence-corrected chi connectivity index (χ4v) is 6.75. The van der Waals surface area contributed by atoms with Crippen LogP contribution in [0.5, 0.6) is 28.7 Å². The molecule has 0 radical (unpaired) electrons. The summed E-state index contributed by atoms with van der Waals surface area (Å²) in [6, 6.07) is 18.0. The van der Waals surface area contributed by atoms with Gasteiger partial charge in [-0.3, -0.25) is 14.2 Å². The van der Waals surface area contributed by atoms with Gasteiger partial charge in [0.25, 0.3) is 11.5 Å². The zero-order valence-corrected chi connectivity index (χ0v) is 27.2. The van der Waals surface area contributed by atoms with Gasteiger partial charge in [0.15, 0.2) is 27.8 Å². The molecule has 10 nitrogen and oxygen atoms in total. The second-order valence-electron chi connectivity index (χ2n) is 10.7. The molecule has 4 aromatic rings. The van der Waals surface area contributed by atoms with Crippen LogP contribution < -0.4 is 38.6 Å². The molecule has 0 saturated heterocycles. The summed E-state index contributed by atoms with van der Waals surface area (Å²) >= 11 is 1.28. The van der Waals surface area contributed by atoms with Crippen molar-refractivity contribution in [2.45, 2.75) is 33.4 Å². The number of amides is 1. The summed E-state index contributed by atoms with van der Waals surface area (Å²) < 4.78 is 30.4. The average Bonchev–Trinajstić information content (AvgIpc) is 3.67. The van der Waals surface area contributed by atoms with Crippen molar-refractivity contribution in [3.8, 4) is 28.7 Å². The predicted octanol–water partition coefficient (Wildman–Crippen LogP) is 4.43. The minimum absolute atomic E-state index is 0.155. The van der Waals surface area contributed by atoms with E-state index in [1.54, 1.807) is 29.8 Å². The normalized spacial score (nSPS) is 15.3. The van der Waals surface area contributed by atoms with Crippen molar-refractivity contribution in [1.82, 2.24) is 9.47 Å². The van der Waals surface area contributed by atoms with Gasteiger partial charge in [0.1, 0.15) is 18.4 Å². The lowest BCUT2D eigenvalue weighted by Gasteiger charge is -2.29. The van der Waals surface area contributed by atoms with Crippen LogP contribution in [0.1, 0.15) is 43.5 Å². The molecule has 0 fully saturated rings. The first kappa shape index (κ1) is 31.0. The van der Waals surface area contributed by atoms with E-state index in [1.807, 2.05) is 81.4 Å². The first-order chi connectivity index (χ1) is 22.4.